The lowest BCUT2D eigenvalue weighted by atomic mass is 9.83. The quantitative estimate of drug-likeness (QED) is 0.813. The molecule has 1 aromatic carbocycles. The van der Waals surface area contributed by atoms with Crippen molar-refractivity contribution in [3.8, 4) is 0 Å². The molecule has 0 spiro atoms. The fraction of sp³-hybridized carbons (Fsp3) is 0.647. The first-order valence-corrected chi connectivity index (χ1v) is 9.91. The van der Waals surface area contributed by atoms with Crippen molar-refractivity contribution in [3.63, 3.8) is 0 Å². The number of rotatable bonds is 5. The molecule has 0 aliphatic carbocycles. The van der Waals surface area contributed by atoms with E-state index in [4.69, 9.17) is 0 Å². The van der Waals surface area contributed by atoms with E-state index in [1.165, 1.54) is 4.31 Å². The smallest absolute Gasteiger partial charge is 0.243 e. The zero-order valence-corrected chi connectivity index (χ0v) is 14.9. The summed E-state index contributed by atoms with van der Waals surface area (Å²) in [6.45, 7) is 7.19. The van der Waals surface area contributed by atoms with Crippen LogP contribution in [0.1, 0.15) is 26.7 Å². The Bertz CT molecular complexity index is 688. The van der Waals surface area contributed by atoms with E-state index in [1.54, 1.807) is 0 Å². The van der Waals surface area contributed by atoms with Crippen molar-refractivity contribution in [1.82, 2.24) is 9.21 Å². The maximum absolute atomic E-state index is 13.3. The van der Waals surface area contributed by atoms with Gasteiger partial charge in [0.15, 0.2) is 0 Å². The zero-order chi connectivity index (χ0) is 17.5. The van der Waals surface area contributed by atoms with Gasteiger partial charge < -0.3 is 0 Å². The fourth-order valence-corrected chi connectivity index (χ4v) is 5.23. The molecular formula is C17H24F2N2O2S. The SMILES string of the molecule is CC(C)CCN1C[C@@H]2CN(S(=O)(=O)c3cc(F)cc(F)c3)CC[C@@H]21. The monoisotopic (exact) mass is 358 g/mol. The van der Waals surface area contributed by atoms with Crippen LogP contribution in [0.15, 0.2) is 23.1 Å². The summed E-state index contributed by atoms with van der Waals surface area (Å²) >= 11 is 0. The van der Waals surface area contributed by atoms with Gasteiger partial charge in [0.05, 0.1) is 4.90 Å². The number of piperidine rings is 1. The molecule has 0 N–H and O–H groups in total. The summed E-state index contributed by atoms with van der Waals surface area (Å²) in [5.41, 5.74) is 0. The van der Waals surface area contributed by atoms with Gasteiger partial charge >= 0.3 is 0 Å². The number of nitrogens with zero attached hydrogens (tertiary/aromatic N) is 2. The predicted octanol–water partition coefficient (Wildman–Crippen LogP) is 2.71. The van der Waals surface area contributed by atoms with Gasteiger partial charge in [-0.25, -0.2) is 17.2 Å². The van der Waals surface area contributed by atoms with Crippen molar-refractivity contribution in [2.45, 2.75) is 37.6 Å². The third kappa shape index (κ3) is 3.48. The molecule has 2 heterocycles. The van der Waals surface area contributed by atoms with Crippen molar-refractivity contribution in [3.05, 3.63) is 29.8 Å². The van der Waals surface area contributed by atoms with Crippen LogP contribution in [0, 0.1) is 23.5 Å². The highest BCUT2D eigenvalue weighted by Gasteiger charge is 2.44. The van der Waals surface area contributed by atoms with Crippen LogP contribution in [0.25, 0.3) is 0 Å². The average molecular weight is 358 g/mol. The minimum Gasteiger partial charge on any atom is -0.300 e. The van der Waals surface area contributed by atoms with E-state index in [0.717, 1.165) is 38.1 Å². The Morgan fingerprint density at radius 3 is 2.42 bits per heavy atom. The molecule has 2 saturated heterocycles. The normalized spacial score (nSPS) is 25.5. The molecule has 1 aromatic rings. The van der Waals surface area contributed by atoms with E-state index in [2.05, 4.69) is 18.7 Å². The summed E-state index contributed by atoms with van der Waals surface area (Å²) < 4.78 is 53.4. The Morgan fingerprint density at radius 1 is 1.17 bits per heavy atom. The Labute approximate surface area is 142 Å². The standard InChI is InChI=1S/C17H24F2N2O2S/c1-12(2)3-5-20-10-13-11-21(6-4-17(13)20)24(22,23)16-8-14(18)7-15(19)9-16/h7-9,12-13,17H,3-6,10-11H2,1-2H3/t13-,17+/m1/s1. The first kappa shape index (κ1) is 17.8. The molecule has 4 nitrogen and oxygen atoms in total. The Balaban J connectivity index is 1.66. The van der Waals surface area contributed by atoms with Gasteiger partial charge in [-0.1, -0.05) is 13.8 Å². The Kier molecular flexibility index (Phi) is 4.95. The lowest BCUT2D eigenvalue weighted by molar-refractivity contribution is -0.0266. The summed E-state index contributed by atoms with van der Waals surface area (Å²) in [7, 11) is -3.84. The molecule has 2 aliphatic heterocycles. The minimum absolute atomic E-state index is 0.297. The van der Waals surface area contributed by atoms with E-state index >= 15 is 0 Å². The average Bonchev–Trinajstić information content (AvgIpc) is 2.46. The molecule has 0 radical (unpaired) electrons. The zero-order valence-electron chi connectivity index (χ0n) is 14.1. The second-order valence-corrected chi connectivity index (χ2v) is 9.20. The van der Waals surface area contributed by atoms with Gasteiger partial charge in [-0.05, 0) is 37.4 Å². The molecule has 0 amide bonds. The number of sulfonamides is 1. The number of hydrogen-bond donors (Lipinski definition) is 0. The number of halogens is 2. The number of hydrogen-bond acceptors (Lipinski definition) is 3. The van der Waals surface area contributed by atoms with Gasteiger partial charge in [-0.15, -0.1) is 0 Å². The largest absolute Gasteiger partial charge is 0.300 e. The van der Waals surface area contributed by atoms with Crippen molar-refractivity contribution in [1.29, 1.82) is 0 Å². The van der Waals surface area contributed by atoms with Gasteiger partial charge in [0.25, 0.3) is 0 Å². The van der Waals surface area contributed by atoms with E-state index in [9.17, 15) is 17.2 Å². The molecule has 2 aliphatic rings. The second-order valence-electron chi connectivity index (χ2n) is 7.26. The molecule has 3 rings (SSSR count). The van der Waals surface area contributed by atoms with E-state index in [1.807, 2.05) is 0 Å². The first-order chi connectivity index (χ1) is 11.3. The maximum Gasteiger partial charge on any atom is 0.243 e. The molecule has 2 atom stereocenters. The third-order valence-corrected chi connectivity index (χ3v) is 6.91. The van der Waals surface area contributed by atoms with Crippen LogP contribution in [0.4, 0.5) is 8.78 Å². The van der Waals surface area contributed by atoms with E-state index in [-0.39, 0.29) is 4.90 Å². The van der Waals surface area contributed by atoms with Crippen LogP contribution in [0.2, 0.25) is 0 Å². The summed E-state index contributed by atoms with van der Waals surface area (Å²) in [6.07, 6.45) is 1.92. The third-order valence-electron chi connectivity index (χ3n) is 5.06. The highest BCUT2D eigenvalue weighted by Crippen LogP contribution is 2.35. The Morgan fingerprint density at radius 2 is 1.83 bits per heavy atom. The van der Waals surface area contributed by atoms with Crippen LogP contribution in [-0.4, -0.2) is 49.8 Å². The summed E-state index contributed by atoms with van der Waals surface area (Å²) in [4.78, 5) is 2.13. The molecule has 0 bridgehead atoms. The van der Waals surface area contributed by atoms with E-state index in [0.29, 0.717) is 37.0 Å². The lowest BCUT2D eigenvalue weighted by Crippen LogP contribution is -2.64. The molecule has 0 saturated carbocycles. The Hall–Kier alpha value is -1.05. The fourth-order valence-electron chi connectivity index (χ4n) is 3.67. The molecule has 0 unspecified atom stereocenters. The van der Waals surface area contributed by atoms with Crippen LogP contribution >= 0.6 is 0 Å². The van der Waals surface area contributed by atoms with Gasteiger partial charge in [0.1, 0.15) is 11.6 Å². The minimum atomic E-state index is -3.84. The molecular weight excluding hydrogens is 334 g/mol. The van der Waals surface area contributed by atoms with Crippen molar-refractivity contribution in [2.24, 2.45) is 11.8 Å². The molecule has 134 valence electrons. The number of fused-ring (bicyclic) bond motifs is 1. The van der Waals surface area contributed by atoms with Gasteiger partial charge in [0, 0.05) is 37.7 Å². The van der Waals surface area contributed by atoms with Crippen molar-refractivity contribution < 1.29 is 17.2 Å². The van der Waals surface area contributed by atoms with Crippen molar-refractivity contribution >= 4 is 10.0 Å². The summed E-state index contributed by atoms with van der Waals surface area (Å²) in [6, 6.07) is 2.91. The predicted molar refractivity (Wildman–Crippen MR) is 88.0 cm³/mol. The van der Waals surface area contributed by atoms with Gasteiger partial charge in [-0.3, -0.25) is 4.90 Å². The summed E-state index contributed by atoms with van der Waals surface area (Å²) in [5.74, 6) is -0.759. The van der Waals surface area contributed by atoms with Gasteiger partial charge in [-0.2, -0.15) is 4.31 Å². The van der Waals surface area contributed by atoms with Crippen molar-refractivity contribution in [2.75, 3.05) is 26.2 Å². The summed E-state index contributed by atoms with van der Waals surface area (Å²) in [5, 5.41) is 0. The molecule has 0 aromatic heterocycles. The number of benzene rings is 1. The van der Waals surface area contributed by atoms with Gasteiger partial charge in [0.2, 0.25) is 10.0 Å². The van der Waals surface area contributed by atoms with Crippen LogP contribution < -0.4 is 0 Å². The van der Waals surface area contributed by atoms with Crippen LogP contribution in [0.3, 0.4) is 0 Å². The van der Waals surface area contributed by atoms with Crippen LogP contribution in [-0.2, 0) is 10.0 Å². The maximum atomic E-state index is 13.3. The molecule has 7 heteroatoms. The highest BCUT2D eigenvalue weighted by molar-refractivity contribution is 7.89. The van der Waals surface area contributed by atoms with E-state index < -0.39 is 21.7 Å². The topological polar surface area (TPSA) is 40.6 Å². The number of likely N-dealkylation sites (tertiary alicyclic amines) is 1. The molecule has 24 heavy (non-hydrogen) atoms. The lowest BCUT2D eigenvalue weighted by Gasteiger charge is -2.53. The highest BCUT2D eigenvalue weighted by atomic mass is 32.2. The second kappa shape index (κ2) is 6.69. The van der Waals surface area contributed by atoms with Crippen LogP contribution in [0.5, 0.6) is 0 Å². The molecule has 2 fully saturated rings. The first-order valence-electron chi connectivity index (χ1n) is 8.47.